The Kier molecular flexibility index (Phi) is 6.34. The first-order chi connectivity index (χ1) is 14.2. The Morgan fingerprint density at radius 1 is 1.13 bits per heavy atom. The third-order valence-corrected chi connectivity index (χ3v) is 7.06. The van der Waals surface area contributed by atoms with E-state index in [1.165, 1.54) is 9.21 Å². The molecule has 0 saturated carbocycles. The molecule has 1 fully saturated rings. The number of piperazine rings is 1. The molecule has 1 aliphatic rings. The average Bonchev–Trinajstić information content (AvgIpc) is 2.73. The van der Waals surface area contributed by atoms with Crippen LogP contribution in [0.4, 0.5) is 0 Å². The number of aromatic nitrogens is 2. The molecule has 0 unspecified atom stereocenters. The molecule has 1 amide bonds. The molecule has 1 aromatic heterocycles. The monoisotopic (exact) mass is 429 g/mol. The summed E-state index contributed by atoms with van der Waals surface area (Å²) in [5.74, 6) is -0.419. The molecule has 0 N–H and O–H groups in total. The number of aryl methyl sites for hydroxylation is 1. The lowest BCUT2D eigenvalue weighted by molar-refractivity contribution is -0.133. The second kappa shape index (κ2) is 8.77. The Bertz CT molecular complexity index is 1140. The Hall–Kier alpha value is -3.03. The van der Waals surface area contributed by atoms with Crippen LogP contribution in [0.3, 0.4) is 0 Å². The van der Waals surface area contributed by atoms with Crippen LogP contribution in [-0.2, 0) is 27.1 Å². The molecule has 1 saturated heterocycles. The number of benzene rings is 1. The van der Waals surface area contributed by atoms with Gasteiger partial charge in [-0.3, -0.25) is 9.59 Å². The fourth-order valence-corrected chi connectivity index (χ4v) is 4.85. The van der Waals surface area contributed by atoms with Crippen molar-refractivity contribution >= 4 is 15.9 Å². The summed E-state index contributed by atoms with van der Waals surface area (Å²) < 4.78 is 27.7. The first-order valence-electron chi connectivity index (χ1n) is 9.51. The van der Waals surface area contributed by atoms with Crippen LogP contribution < -0.4 is 5.56 Å². The van der Waals surface area contributed by atoms with Crippen LogP contribution in [0.25, 0.3) is 0 Å². The molecular weight excluding hydrogens is 406 g/mol. The van der Waals surface area contributed by atoms with Gasteiger partial charge >= 0.3 is 0 Å². The quantitative estimate of drug-likeness (QED) is 0.679. The number of nitrogens with zero attached hydrogens (tertiary/aromatic N) is 5. The molecule has 0 bridgehead atoms. The maximum atomic E-state index is 12.6. The number of amides is 1. The predicted molar refractivity (Wildman–Crippen MR) is 110 cm³/mol. The number of hydrogen-bond donors (Lipinski definition) is 0. The van der Waals surface area contributed by atoms with Gasteiger partial charge in [0.1, 0.15) is 18.2 Å². The number of sulfonamides is 1. The lowest BCUT2D eigenvalue weighted by Crippen LogP contribution is -2.52. The van der Waals surface area contributed by atoms with E-state index in [-0.39, 0.29) is 49.9 Å². The first-order valence-corrected chi connectivity index (χ1v) is 11.1. The van der Waals surface area contributed by atoms with Crippen molar-refractivity contribution in [3.05, 3.63) is 63.1 Å². The molecule has 2 aromatic rings. The zero-order valence-electron chi connectivity index (χ0n) is 16.9. The normalized spacial score (nSPS) is 15.0. The van der Waals surface area contributed by atoms with Crippen molar-refractivity contribution in [3.8, 4) is 6.07 Å². The van der Waals surface area contributed by atoms with E-state index in [0.717, 1.165) is 4.68 Å². The Labute approximate surface area is 175 Å². The number of carbonyl (C=O) groups is 1. The minimum absolute atomic E-state index is 0.0212. The number of nitriles is 1. The minimum atomic E-state index is -3.48. The summed E-state index contributed by atoms with van der Waals surface area (Å²) in [4.78, 5) is 26.5. The zero-order valence-corrected chi connectivity index (χ0v) is 17.7. The van der Waals surface area contributed by atoms with Crippen molar-refractivity contribution in [1.82, 2.24) is 19.0 Å². The summed E-state index contributed by atoms with van der Waals surface area (Å²) in [7, 11) is -3.48. The number of carbonyl (C=O) groups excluding carboxylic acids is 1. The van der Waals surface area contributed by atoms with Gasteiger partial charge in [-0.15, -0.1) is 0 Å². The van der Waals surface area contributed by atoms with Gasteiger partial charge < -0.3 is 4.90 Å². The lowest BCUT2D eigenvalue weighted by atomic mass is 10.1. The Morgan fingerprint density at radius 2 is 1.77 bits per heavy atom. The maximum Gasteiger partial charge on any atom is 0.285 e. The molecule has 0 aliphatic carbocycles. The molecule has 0 atom stereocenters. The molecular formula is C20H23N5O4S. The molecule has 10 heteroatoms. The van der Waals surface area contributed by atoms with E-state index < -0.39 is 15.6 Å². The van der Waals surface area contributed by atoms with Gasteiger partial charge in [0.15, 0.2) is 0 Å². The molecule has 3 rings (SSSR count). The van der Waals surface area contributed by atoms with Gasteiger partial charge in [0.2, 0.25) is 15.9 Å². The molecule has 0 spiro atoms. The molecule has 1 aromatic carbocycles. The van der Waals surface area contributed by atoms with Gasteiger partial charge in [-0.1, -0.05) is 30.3 Å². The zero-order chi connectivity index (χ0) is 21.9. The highest BCUT2D eigenvalue weighted by molar-refractivity contribution is 7.88. The molecule has 0 radical (unpaired) electrons. The summed E-state index contributed by atoms with van der Waals surface area (Å²) in [6.07, 6.45) is 0. The summed E-state index contributed by atoms with van der Waals surface area (Å²) in [5.41, 5.74) is 1.11. The molecule has 1 aliphatic heterocycles. The van der Waals surface area contributed by atoms with E-state index in [1.54, 1.807) is 38.1 Å². The number of rotatable bonds is 5. The van der Waals surface area contributed by atoms with E-state index in [2.05, 4.69) is 5.10 Å². The average molecular weight is 430 g/mol. The van der Waals surface area contributed by atoms with Crippen molar-refractivity contribution < 1.29 is 13.2 Å². The largest absolute Gasteiger partial charge is 0.338 e. The summed E-state index contributed by atoms with van der Waals surface area (Å²) in [5, 5.41) is 13.3. The maximum absolute atomic E-state index is 12.6. The van der Waals surface area contributed by atoms with Crippen LogP contribution in [0.15, 0.2) is 35.1 Å². The third kappa shape index (κ3) is 4.58. The van der Waals surface area contributed by atoms with Gasteiger partial charge in [-0.2, -0.15) is 14.7 Å². The predicted octanol–water partition coefficient (Wildman–Crippen LogP) is 0.406. The highest BCUT2D eigenvalue weighted by Crippen LogP contribution is 2.14. The molecule has 30 heavy (non-hydrogen) atoms. The summed E-state index contributed by atoms with van der Waals surface area (Å²) >= 11 is 0. The van der Waals surface area contributed by atoms with Gasteiger partial charge in [0.25, 0.3) is 5.56 Å². The minimum Gasteiger partial charge on any atom is -0.338 e. The highest BCUT2D eigenvalue weighted by Gasteiger charge is 2.29. The second-order valence-electron chi connectivity index (χ2n) is 7.18. The van der Waals surface area contributed by atoms with Gasteiger partial charge in [0, 0.05) is 26.2 Å². The van der Waals surface area contributed by atoms with Crippen molar-refractivity contribution in [2.45, 2.75) is 26.1 Å². The topological polar surface area (TPSA) is 116 Å². The Morgan fingerprint density at radius 3 is 2.37 bits per heavy atom. The van der Waals surface area contributed by atoms with Gasteiger partial charge in [-0.25, -0.2) is 13.1 Å². The standard InChI is InChI=1S/C20H23N5O4S/c1-15-16(2)22-25(20(27)18(15)12-21)13-19(26)23-8-10-24(11-9-23)30(28,29)14-17-6-4-3-5-7-17/h3-7H,8-11,13-14H2,1-2H3. The van der Waals surface area contributed by atoms with Gasteiger partial charge in [-0.05, 0) is 25.0 Å². The molecule has 158 valence electrons. The van der Waals surface area contributed by atoms with E-state index >= 15 is 0 Å². The highest BCUT2D eigenvalue weighted by atomic mass is 32.2. The molecule has 2 heterocycles. The van der Waals surface area contributed by atoms with E-state index in [4.69, 9.17) is 0 Å². The number of hydrogen-bond acceptors (Lipinski definition) is 6. The van der Waals surface area contributed by atoms with Crippen molar-refractivity contribution in [2.75, 3.05) is 26.2 Å². The fraction of sp³-hybridized carbons (Fsp3) is 0.400. The van der Waals surface area contributed by atoms with E-state index in [9.17, 15) is 23.3 Å². The van der Waals surface area contributed by atoms with Crippen molar-refractivity contribution in [1.29, 1.82) is 5.26 Å². The van der Waals surface area contributed by atoms with Crippen LogP contribution in [0, 0.1) is 25.2 Å². The van der Waals surface area contributed by atoms with Crippen LogP contribution >= 0.6 is 0 Å². The van der Waals surface area contributed by atoms with E-state index in [1.807, 2.05) is 12.1 Å². The summed E-state index contributed by atoms with van der Waals surface area (Å²) in [6.45, 7) is 3.89. The second-order valence-corrected chi connectivity index (χ2v) is 9.15. The Balaban J connectivity index is 1.64. The SMILES string of the molecule is Cc1nn(CC(=O)N2CCN(S(=O)(=O)Cc3ccccc3)CC2)c(=O)c(C#N)c1C. The van der Waals surface area contributed by atoms with Crippen molar-refractivity contribution in [2.24, 2.45) is 0 Å². The van der Waals surface area contributed by atoms with Crippen LogP contribution in [-0.4, -0.2) is 59.5 Å². The summed E-state index contributed by atoms with van der Waals surface area (Å²) in [6, 6.07) is 10.8. The lowest BCUT2D eigenvalue weighted by Gasteiger charge is -2.34. The van der Waals surface area contributed by atoms with Crippen LogP contribution in [0.2, 0.25) is 0 Å². The van der Waals surface area contributed by atoms with E-state index in [0.29, 0.717) is 16.8 Å². The molecule has 9 nitrogen and oxygen atoms in total. The third-order valence-electron chi connectivity index (χ3n) is 5.21. The smallest absolute Gasteiger partial charge is 0.285 e. The van der Waals surface area contributed by atoms with Crippen molar-refractivity contribution in [3.63, 3.8) is 0 Å². The van der Waals surface area contributed by atoms with Crippen LogP contribution in [0.1, 0.15) is 22.4 Å². The van der Waals surface area contributed by atoms with Crippen LogP contribution in [0.5, 0.6) is 0 Å². The van der Waals surface area contributed by atoms with Gasteiger partial charge in [0.05, 0.1) is 11.4 Å². The fourth-order valence-electron chi connectivity index (χ4n) is 3.33. The first kappa shape index (κ1) is 21.7.